The van der Waals surface area contributed by atoms with Gasteiger partial charge in [0.05, 0.1) is 0 Å². The molecule has 1 atom stereocenters. The van der Waals surface area contributed by atoms with Crippen LogP contribution in [0.5, 0.6) is 0 Å². The molecule has 2 rings (SSSR count). The standard InChI is InChI=1S/C16H23ClN2O2.ClH/c1-12(10-18)15(20)19-11-16(5-7-21-8-6-16)13-3-2-4-14(17)9-13;/h2-4,9,12H,5-8,10-11,18H2,1H3,(H,19,20);1H. The zero-order valence-electron chi connectivity index (χ0n) is 12.8. The van der Waals surface area contributed by atoms with Crippen molar-refractivity contribution in [1.29, 1.82) is 0 Å². The lowest BCUT2D eigenvalue weighted by Gasteiger charge is -2.38. The summed E-state index contributed by atoms with van der Waals surface area (Å²) in [4.78, 5) is 12.0. The molecule has 1 amide bonds. The molecule has 4 nitrogen and oxygen atoms in total. The summed E-state index contributed by atoms with van der Waals surface area (Å²) in [6.45, 7) is 4.20. The number of rotatable bonds is 5. The Bertz CT molecular complexity index is 491. The molecule has 124 valence electrons. The average Bonchev–Trinajstić information content (AvgIpc) is 2.52. The van der Waals surface area contributed by atoms with Crippen LogP contribution in [-0.4, -0.2) is 32.2 Å². The first-order valence-corrected chi connectivity index (χ1v) is 7.77. The molecule has 1 heterocycles. The fourth-order valence-electron chi connectivity index (χ4n) is 2.69. The van der Waals surface area contributed by atoms with Gasteiger partial charge in [0.2, 0.25) is 5.91 Å². The van der Waals surface area contributed by atoms with Crippen molar-refractivity contribution in [3.63, 3.8) is 0 Å². The van der Waals surface area contributed by atoms with Crippen LogP contribution in [0.1, 0.15) is 25.3 Å². The maximum absolute atomic E-state index is 12.0. The van der Waals surface area contributed by atoms with Gasteiger partial charge in [0.1, 0.15) is 0 Å². The highest BCUT2D eigenvalue weighted by molar-refractivity contribution is 6.30. The smallest absolute Gasteiger partial charge is 0.224 e. The molecular formula is C16H24Cl2N2O2. The van der Waals surface area contributed by atoms with Crippen molar-refractivity contribution in [3.8, 4) is 0 Å². The summed E-state index contributed by atoms with van der Waals surface area (Å²) in [5.74, 6) is -0.161. The Morgan fingerprint density at radius 2 is 2.14 bits per heavy atom. The normalized spacial score (nSPS) is 18.1. The van der Waals surface area contributed by atoms with Crippen LogP contribution in [0.15, 0.2) is 24.3 Å². The van der Waals surface area contributed by atoms with Crippen LogP contribution >= 0.6 is 24.0 Å². The topological polar surface area (TPSA) is 64.4 Å². The number of carbonyl (C=O) groups excluding carboxylic acids is 1. The Hall–Kier alpha value is -0.810. The number of nitrogens with one attached hydrogen (secondary N) is 1. The number of carbonyl (C=O) groups is 1. The van der Waals surface area contributed by atoms with Gasteiger partial charge in [-0.2, -0.15) is 0 Å². The van der Waals surface area contributed by atoms with Gasteiger partial charge >= 0.3 is 0 Å². The zero-order valence-corrected chi connectivity index (χ0v) is 14.4. The Balaban J connectivity index is 0.00000242. The minimum Gasteiger partial charge on any atom is -0.381 e. The molecule has 0 radical (unpaired) electrons. The summed E-state index contributed by atoms with van der Waals surface area (Å²) in [7, 11) is 0. The molecule has 22 heavy (non-hydrogen) atoms. The van der Waals surface area contributed by atoms with Gasteiger partial charge in [0.25, 0.3) is 0 Å². The highest BCUT2D eigenvalue weighted by atomic mass is 35.5. The molecule has 1 aliphatic heterocycles. The minimum absolute atomic E-state index is 0. The van der Waals surface area contributed by atoms with Gasteiger partial charge in [-0.25, -0.2) is 0 Å². The van der Waals surface area contributed by atoms with E-state index < -0.39 is 0 Å². The number of nitrogens with two attached hydrogens (primary N) is 1. The molecule has 3 N–H and O–H groups in total. The molecule has 0 bridgehead atoms. The second-order valence-corrected chi connectivity index (χ2v) is 6.19. The lowest BCUT2D eigenvalue weighted by Crippen LogP contribution is -2.46. The Labute approximate surface area is 143 Å². The van der Waals surface area contributed by atoms with Gasteiger partial charge in [0.15, 0.2) is 0 Å². The van der Waals surface area contributed by atoms with Crippen molar-refractivity contribution in [3.05, 3.63) is 34.9 Å². The van der Waals surface area contributed by atoms with E-state index in [1.54, 1.807) is 0 Å². The number of hydrogen-bond acceptors (Lipinski definition) is 3. The van der Waals surface area contributed by atoms with Crippen molar-refractivity contribution in [2.75, 3.05) is 26.3 Å². The maximum Gasteiger partial charge on any atom is 0.224 e. The maximum atomic E-state index is 12.0. The molecule has 0 aromatic heterocycles. The van der Waals surface area contributed by atoms with Crippen LogP contribution in [0.4, 0.5) is 0 Å². The Morgan fingerprint density at radius 3 is 2.73 bits per heavy atom. The van der Waals surface area contributed by atoms with Crippen LogP contribution in [0, 0.1) is 5.92 Å². The van der Waals surface area contributed by atoms with E-state index in [-0.39, 0.29) is 29.6 Å². The highest BCUT2D eigenvalue weighted by Gasteiger charge is 2.35. The van der Waals surface area contributed by atoms with E-state index in [0.29, 0.717) is 26.3 Å². The quantitative estimate of drug-likeness (QED) is 0.860. The first kappa shape index (κ1) is 19.2. The van der Waals surface area contributed by atoms with E-state index in [4.69, 9.17) is 22.1 Å². The Morgan fingerprint density at radius 1 is 1.45 bits per heavy atom. The third-order valence-corrected chi connectivity index (χ3v) is 4.52. The van der Waals surface area contributed by atoms with Crippen LogP contribution in [0.25, 0.3) is 0 Å². The lowest BCUT2D eigenvalue weighted by molar-refractivity contribution is -0.124. The van der Waals surface area contributed by atoms with E-state index in [2.05, 4.69) is 11.4 Å². The molecule has 1 aromatic carbocycles. The monoisotopic (exact) mass is 346 g/mol. The summed E-state index contributed by atoms with van der Waals surface area (Å²) in [5.41, 5.74) is 6.61. The number of benzene rings is 1. The molecule has 6 heteroatoms. The van der Waals surface area contributed by atoms with Crippen molar-refractivity contribution in [2.24, 2.45) is 11.7 Å². The van der Waals surface area contributed by atoms with Crippen LogP contribution < -0.4 is 11.1 Å². The third kappa shape index (κ3) is 4.59. The summed E-state index contributed by atoms with van der Waals surface area (Å²) in [6.07, 6.45) is 1.76. The largest absolute Gasteiger partial charge is 0.381 e. The zero-order chi connectivity index (χ0) is 15.3. The summed E-state index contributed by atoms with van der Waals surface area (Å²) < 4.78 is 5.49. The van der Waals surface area contributed by atoms with Gasteiger partial charge in [-0.3, -0.25) is 4.79 Å². The summed E-state index contributed by atoms with van der Waals surface area (Å²) in [6, 6.07) is 7.90. The van der Waals surface area contributed by atoms with Crippen molar-refractivity contribution >= 4 is 29.9 Å². The van der Waals surface area contributed by atoms with E-state index in [0.717, 1.165) is 17.9 Å². The number of halogens is 2. The van der Waals surface area contributed by atoms with Gasteiger partial charge in [-0.1, -0.05) is 30.7 Å². The Kier molecular flexibility index (Phi) is 7.63. The first-order valence-electron chi connectivity index (χ1n) is 7.39. The molecule has 1 fully saturated rings. The molecular weight excluding hydrogens is 323 g/mol. The third-order valence-electron chi connectivity index (χ3n) is 4.29. The van der Waals surface area contributed by atoms with Crippen LogP contribution in [-0.2, 0) is 14.9 Å². The van der Waals surface area contributed by atoms with Crippen LogP contribution in [0.3, 0.4) is 0 Å². The van der Waals surface area contributed by atoms with E-state index in [9.17, 15) is 4.79 Å². The minimum atomic E-state index is -0.166. The van der Waals surface area contributed by atoms with E-state index in [1.165, 1.54) is 5.56 Å². The SMILES string of the molecule is CC(CN)C(=O)NCC1(c2cccc(Cl)c2)CCOCC1.Cl. The molecule has 0 spiro atoms. The van der Waals surface area contributed by atoms with E-state index in [1.807, 2.05) is 25.1 Å². The van der Waals surface area contributed by atoms with Gasteiger partial charge in [0, 0.05) is 42.7 Å². The van der Waals surface area contributed by atoms with Crippen molar-refractivity contribution in [2.45, 2.75) is 25.2 Å². The fourth-order valence-corrected chi connectivity index (χ4v) is 2.88. The van der Waals surface area contributed by atoms with Crippen molar-refractivity contribution < 1.29 is 9.53 Å². The number of hydrogen-bond donors (Lipinski definition) is 2. The first-order chi connectivity index (χ1) is 10.1. The van der Waals surface area contributed by atoms with Gasteiger partial charge in [-0.15, -0.1) is 12.4 Å². The second-order valence-electron chi connectivity index (χ2n) is 5.76. The summed E-state index contributed by atoms with van der Waals surface area (Å²) >= 11 is 6.13. The second kappa shape index (κ2) is 8.73. The van der Waals surface area contributed by atoms with Crippen LogP contribution in [0.2, 0.25) is 5.02 Å². The summed E-state index contributed by atoms with van der Waals surface area (Å²) in [5, 5.41) is 3.77. The number of amides is 1. The lowest BCUT2D eigenvalue weighted by atomic mass is 9.74. The average molecular weight is 347 g/mol. The van der Waals surface area contributed by atoms with E-state index >= 15 is 0 Å². The molecule has 1 aliphatic rings. The predicted molar refractivity (Wildman–Crippen MR) is 91.7 cm³/mol. The molecule has 1 aromatic rings. The highest BCUT2D eigenvalue weighted by Crippen LogP contribution is 2.35. The molecule has 0 aliphatic carbocycles. The fraction of sp³-hybridized carbons (Fsp3) is 0.562. The predicted octanol–water partition coefficient (Wildman–Crippen LogP) is 2.52. The molecule has 0 saturated carbocycles. The molecule has 1 unspecified atom stereocenters. The number of ether oxygens (including phenoxy) is 1. The molecule has 1 saturated heterocycles. The van der Waals surface area contributed by atoms with Crippen molar-refractivity contribution in [1.82, 2.24) is 5.32 Å². The van der Waals surface area contributed by atoms with Gasteiger partial charge < -0.3 is 15.8 Å². The van der Waals surface area contributed by atoms with Gasteiger partial charge in [-0.05, 0) is 30.5 Å².